The van der Waals surface area contributed by atoms with Gasteiger partial charge in [-0.3, -0.25) is 20.3 Å². The van der Waals surface area contributed by atoms with Gasteiger partial charge in [-0.25, -0.2) is 5.84 Å². The number of carbonyl (C=O) groups excluding carboxylic acids is 1. The molecule has 0 atom stereocenters. The fourth-order valence-electron chi connectivity index (χ4n) is 0.932. The van der Waals surface area contributed by atoms with Gasteiger partial charge in [0.2, 0.25) is 0 Å². The summed E-state index contributed by atoms with van der Waals surface area (Å²) in [5.74, 6) is 4.21. The van der Waals surface area contributed by atoms with Gasteiger partial charge in [0.05, 0.1) is 10.5 Å². The monoisotopic (exact) mass is 196 g/mol. The van der Waals surface area contributed by atoms with Crippen molar-refractivity contribution in [2.75, 3.05) is 5.73 Å². The molecule has 0 saturated heterocycles. The number of anilines is 1. The van der Waals surface area contributed by atoms with Crippen LogP contribution in [0.15, 0.2) is 18.2 Å². The number of nitro benzene ring substituents is 1. The van der Waals surface area contributed by atoms with Gasteiger partial charge >= 0.3 is 0 Å². The van der Waals surface area contributed by atoms with E-state index in [9.17, 15) is 14.9 Å². The topological polar surface area (TPSA) is 124 Å². The normalized spacial score (nSPS) is 9.50. The van der Waals surface area contributed by atoms with Crippen molar-refractivity contribution >= 4 is 17.3 Å². The molecule has 1 amide bonds. The van der Waals surface area contributed by atoms with Crippen LogP contribution in [0, 0.1) is 10.1 Å². The van der Waals surface area contributed by atoms with Crippen LogP contribution in [0.3, 0.4) is 0 Å². The SMILES string of the molecule is NNC(=O)c1cc([N+](=O)[O-])ccc1N. The fraction of sp³-hybridized carbons (Fsp3) is 0. The molecule has 0 aliphatic heterocycles. The number of nitrogens with two attached hydrogens (primary N) is 2. The molecule has 0 aliphatic carbocycles. The molecule has 7 nitrogen and oxygen atoms in total. The molecule has 14 heavy (non-hydrogen) atoms. The number of rotatable bonds is 2. The molecule has 0 heterocycles. The maximum absolute atomic E-state index is 11.1. The van der Waals surface area contributed by atoms with Gasteiger partial charge in [-0.15, -0.1) is 0 Å². The maximum Gasteiger partial charge on any atom is 0.270 e. The average Bonchev–Trinajstić information content (AvgIpc) is 2.17. The summed E-state index contributed by atoms with van der Waals surface area (Å²) in [5.41, 5.74) is 7.19. The number of hydrogen-bond acceptors (Lipinski definition) is 5. The van der Waals surface area contributed by atoms with Gasteiger partial charge < -0.3 is 5.73 Å². The van der Waals surface area contributed by atoms with Gasteiger partial charge in [-0.1, -0.05) is 0 Å². The number of nitro groups is 1. The summed E-state index contributed by atoms with van der Waals surface area (Å²) in [6, 6.07) is 3.56. The number of carbonyl (C=O) groups is 1. The van der Waals surface area contributed by atoms with Crippen LogP contribution < -0.4 is 17.0 Å². The minimum atomic E-state index is -0.661. The zero-order chi connectivity index (χ0) is 10.7. The first kappa shape index (κ1) is 9.93. The highest BCUT2D eigenvalue weighted by molar-refractivity contribution is 5.99. The van der Waals surface area contributed by atoms with Crippen molar-refractivity contribution in [1.29, 1.82) is 0 Å². The molecule has 0 radical (unpaired) electrons. The third kappa shape index (κ3) is 1.77. The Morgan fingerprint density at radius 1 is 1.50 bits per heavy atom. The molecule has 1 aromatic carbocycles. The second-order valence-corrected chi connectivity index (χ2v) is 2.50. The Labute approximate surface area is 78.8 Å². The van der Waals surface area contributed by atoms with E-state index in [1.807, 2.05) is 5.43 Å². The maximum atomic E-state index is 11.1. The Morgan fingerprint density at radius 2 is 2.14 bits per heavy atom. The second-order valence-electron chi connectivity index (χ2n) is 2.50. The van der Waals surface area contributed by atoms with Crippen molar-refractivity contribution in [1.82, 2.24) is 5.43 Å². The van der Waals surface area contributed by atoms with Gasteiger partial charge in [0.25, 0.3) is 11.6 Å². The molecule has 0 aromatic heterocycles. The van der Waals surface area contributed by atoms with E-state index in [1.54, 1.807) is 0 Å². The first-order valence-corrected chi connectivity index (χ1v) is 3.61. The molecule has 0 saturated carbocycles. The summed E-state index contributed by atoms with van der Waals surface area (Å²) in [7, 11) is 0. The third-order valence-corrected chi connectivity index (χ3v) is 1.62. The van der Waals surface area contributed by atoms with Crippen molar-refractivity contribution < 1.29 is 9.72 Å². The van der Waals surface area contributed by atoms with Gasteiger partial charge in [0.15, 0.2) is 0 Å². The lowest BCUT2D eigenvalue weighted by Crippen LogP contribution is -2.30. The number of hydrogen-bond donors (Lipinski definition) is 3. The van der Waals surface area contributed by atoms with E-state index in [0.29, 0.717) is 0 Å². The van der Waals surface area contributed by atoms with Crippen LogP contribution in [0.4, 0.5) is 11.4 Å². The number of hydrazine groups is 1. The summed E-state index contributed by atoms with van der Waals surface area (Å²) in [6.45, 7) is 0. The zero-order valence-corrected chi connectivity index (χ0v) is 7.06. The Bertz CT molecular complexity index is 391. The molecule has 0 spiro atoms. The van der Waals surface area contributed by atoms with Crippen LogP contribution in [0.25, 0.3) is 0 Å². The molecule has 5 N–H and O–H groups in total. The molecule has 74 valence electrons. The van der Waals surface area contributed by atoms with Crippen LogP contribution >= 0.6 is 0 Å². The van der Waals surface area contributed by atoms with Crippen LogP contribution in [0.5, 0.6) is 0 Å². The number of nitrogens with one attached hydrogen (secondary N) is 1. The predicted molar refractivity (Wildman–Crippen MR) is 49.2 cm³/mol. The molecule has 1 rings (SSSR count). The van der Waals surface area contributed by atoms with E-state index in [4.69, 9.17) is 11.6 Å². The lowest BCUT2D eigenvalue weighted by Gasteiger charge is -2.02. The standard InChI is InChI=1S/C7H8N4O3/c8-6-2-1-4(11(13)14)3-5(6)7(12)10-9/h1-3H,8-9H2,(H,10,12). The highest BCUT2D eigenvalue weighted by Gasteiger charge is 2.13. The van der Waals surface area contributed by atoms with E-state index in [2.05, 4.69) is 0 Å². The van der Waals surface area contributed by atoms with E-state index in [0.717, 1.165) is 6.07 Å². The first-order valence-electron chi connectivity index (χ1n) is 3.61. The Morgan fingerprint density at radius 3 is 2.64 bits per heavy atom. The first-order chi connectivity index (χ1) is 6.56. The summed E-state index contributed by atoms with van der Waals surface area (Å²) >= 11 is 0. The van der Waals surface area contributed by atoms with Crippen LogP contribution in [0.1, 0.15) is 10.4 Å². The molecule has 1 aromatic rings. The average molecular weight is 196 g/mol. The number of non-ortho nitro benzene ring substituents is 1. The lowest BCUT2D eigenvalue weighted by atomic mass is 10.1. The van der Waals surface area contributed by atoms with Crippen LogP contribution in [-0.2, 0) is 0 Å². The van der Waals surface area contributed by atoms with Gasteiger partial charge in [0, 0.05) is 17.8 Å². The van der Waals surface area contributed by atoms with E-state index in [-0.39, 0.29) is 16.9 Å². The van der Waals surface area contributed by atoms with Crippen molar-refractivity contribution in [3.63, 3.8) is 0 Å². The van der Waals surface area contributed by atoms with Crippen molar-refractivity contribution in [3.8, 4) is 0 Å². The molecule has 7 heteroatoms. The van der Waals surface area contributed by atoms with Gasteiger partial charge in [0.1, 0.15) is 0 Å². The summed E-state index contributed by atoms with van der Waals surface area (Å²) < 4.78 is 0. The highest BCUT2D eigenvalue weighted by Crippen LogP contribution is 2.19. The highest BCUT2D eigenvalue weighted by atomic mass is 16.6. The fourth-order valence-corrected chi connectivity index (χ4v) is 0.932. The Kier molecular flexibility index (Phi) is 2.63. The minimum Gasteiger partial charge on any atom is -0.398 e. The molecular formula is C7H8N4O3. The van der Waals surface area contributed by atoms with Crippen molar-refractivity contribution in [2.24, 2.45) is 5.84 Å². The summed E-state index contributed by atoms with van der Waals surface area (Å²) in [6.07, 6.45) is 0. The summed E-state index contributed by atoms with van der Waals surface area (Å²) in [4.78, 5) is 20.8. The molecule has 0 fully saturated rings. The number of amides is 1. The second kappa shape index (κ2) is 3.71. The molecular weight excluding hydrogens is 188 g/mol. The largest absolute Gasteiger partial charge is 0.398 e. The van der Waals surface area contributed by atoms with Crippen molar-refractivity contribution in [2.45, 2.75) is 0 Å². The summed E-state index contributed by atoms with van der Waals surface area (Å²) in [5, 5.41) is 10.4. The predicted octanol–water partition coefficient (Wildman–Crippen LogP) is -0.220. The molecule has 0 aliphatic rings. The van der Waals surface area contributed by atoms with Crippen LogP contribution in [-0.4, -0.2) is 10.8 Å². The number of nitrogens with zero attached hydrogens (tertiary/aromatic N) is 1. The number of nitrogen functional groups attached to an aromatic ring is 2. The molecule has 0 unspecified atom stereocenters. The van der Waals surface area contributed by atoms with E-state index < -0.39 is 10.8 Å². The van der Waals surface area contributed by atoms with E-state index >= 15 is 0 Å². The number of benzene rings is 1. The Balaban J connectivity index is 3.21. The third-order valence-electron chi connectivity index (χ3n) is 1.62. The van der Waals surface area contributed by atoms with Gasteiger partial charge in [-0.05, 0) is 6.07 Å². The van der Waals surface area contributed by atoms with Crippen LogP contribution in [0.2, 0.25) is 0 Å². The van der Waals surface area contributed by atoms with Crippen molar-refractivity contribution in [3.05, 3.63) is 33.9 Å². The van der Waals surface area contributed by atoms with Gasteiger partial charge in [-0.2, -0.15) is 0 Å². The Hall–Kier alpha value is -2.15. The lowest BCUT2D eigenvalue weighted by molar-refractivity contribution is -0.384. The molecule has 0 bridgehead atoms. The minimum absolute atomic E-state index is 0.0123. The quantitative estimate of drug-likeness (QED) is 0.198. The zero-order valence-electron chi connectivity index (χ0n) is 7.06. The smallest absolute Gasteiger partial charge is 0.270 e. The van der Waals surface area contributed by atoms with E-state index in [1.165, 1.54) is 12.1 Å².